The highest BCUT2D eigenvalue weighted by Gasteiger charge is 2.30. The smallest absolute Gasteiger partial charge is 0.274 e. The van der Waals surface area contributed by atoms with Crippen LogP contribution in [0.3, 0.4) is 0 Å². The van der Waals surface area contributed by atoms with Crippen molar-refractivity contribution in [2.45, 2.75) is 11.1 Å². The normalized spacial score (nSPS) is 11.1. The second kappa shape index (κ2) is 8.59. The van der Waals surface area contributed by atoms with E-state index in [0.717, 1.165) is 17.4 Å². The fourth-order valence-corrected chi connectivity index (χ4v) is 5.18. The van der Waals surface area contributed by atoms with Crippen molar-refractivity contribution in [3.05, 3.63) is 81.5 Å². The van der Waals surface area contributed by atoms with Crippen molar-refractivity contribution in [2.24, 2.45) is 0 Å². The molecule has 0 aliphatic carbocycles. The van der Waals surface area contributed by atoms with Crippen LogP contribution in [0.15, 0.2) is 64.2 Å². The number of sulfonamides is 1. The maximum absolute atomic E-state index is 14.4. The molecule has 11 heteroatoms. The van der Waals surface area contributed by atoms with E-state index in [1.807, 2.05) is 0 Å². The standard InChI is InChI=1S/C19H16FN3O5S2/c1-13-8-9-14(23(25)26)11-16(13)21-18(24)12-22(17-6-3-2-5-15(17)20)30(27,28)19-7-4-10-29-19/h2-11H,12H2,1H3,(H,21,24). The number of thiophene rings is 1. The zero-order valence-corrected chi connectivity index (χ0v) is 17.2. The second-order valence-corrected chi connectivity index (χ2v) is 9.24. The lowest BCUT2D eigenvalue weighted by Gasteiger charge is -2.23. The number of nitro benzene ring substituents is 1. The van der Waals surface area contributed by atoms with Gasteiger partial charge in [-0.1, -0.05) is 24.3 Å². The van der Waals surface area contributed by atoms with Gasteiger partial charge in [-0.05, 0) is 36.1 Å². The maximum Gasteiger partial charge on any atom is 0.274 e. The number of nitrogens with zero attached hydrogens (tertiary/aromatic N) is 2. The molecular formula is C19H16FN3O5S2. The van der Waals surface area contributed by atoms with Gasteiger partial charge in [0.2, 0.25) is 5.91 Å². The van der Waals surface area contributed by atoms with Gasteiger partial charge in [-0.25, -0.2) is 12.8 Å². The van der Waals surface area contributed by atoms with Gasteiger partial charge in [-0.3, -0.25) is 19.2 Å². The number of anilines is 2. The maximum atomic E-state index is 14.4. The number of carbonyl (C=O) groups excluding carboxylic acids is 1. The Hall–Kier alpha value is -3.31. The molecule has 0 aliphatic rings. The number of amides is 1. The van der Waals surface area contributed by atoms with Gasteiger partial charge < -0.3 is 5.32 Å². The first-order valence-corrected chi connectivity index (χ1v) is 10.9. The zero-order valence-electron chi connectivity index (χ0n) is 15.6. The van der Waals surface area contributed by atoms with Gasteiger partial charge in [0.15, 0.2) is 0 Å². The Kier molecular flexibility index (Phi) is 6.13. The van der Waals surface area contributed by atoms with Crippen LogP contribution in [0, 0.1) is 22.9 Å². The molecule has 0 aliphatic heterocycles. The molecule has 0 saturated carbocycles. The molecule has 1 aromatic heterocycles. The highest BCUT2D eigenvalue weighted by molar-refractivity contribution is 7.94. The summed E-state index contributed by atoms with van der Waals surface area (Å²) < 4.78 is 41.1. The number of nitrogens with one attached hydrogen (secondary N) is 1. The first-order chi connectivity index (χ1) is 14.2. The molecular weight excluding hydrogens is 433 g/mol. The summed E-state index contributed by atoms with van der Waals surface area (Å²) in [6, 6.07) is 12.0. The minimum atomic E-state index is -4.21. The van der Waals surface area contributed by atoms with Gasteiger partial charge >= 0.3 is 0 Å². The van der Waals surface area contributed by atoms with Crippen LogP contribution in [-0.2, 0) is 14.8 Å². The Morgan fingerprint density at radius 1 is 1.20 bits per heavy atom. The van der Waals surface area contributed by atoms with Gasteiger partial charge in [0.05, 0.1) is 16.3 Å². The molecule has 0 spiro atoms. The van der Waals surface area contributed by atoms with E-state index in [9.17, 15) is 27.7 Å². The fourth-order valence-electron chi connectivity index (χ4n) is 2.65. The Morgan fingerprint density at radius 2 is 1.93 bits per heavy atom. The molecule has 0 unspecified atom stereocenters. The van der Waals surface area contributed by atoms with Crippen LogP contribution in [0.1, 0.15) is 5.56 Å². The number of aryl methyl sites for hydroxylation is 1. The zero-order chi connectivity index (χ0) is 21.9. The van der Waals surface area contributed by atoms with Crippen molar-refractivity contribution in [2.75, 3.05) is 16.2 Å². The third-order valence-electron chi connectivity index (χ3n) is 4.15. The molecule has 1 N–H and O–H groups in total. The number of hydrogen-bond acceptors (Lipinski definition) is 6. The van der Waals surface area contributed by atoms with Crippen molar-refractivity contribution < 1.29 is 22.5 Å². The summed E-state index contributed by atoms with van der Waals surface area (Å²) in [5.41, 5.74) is 0.202. The van der Waals surface area contributed by atoms with Gasteiger partial charge in [0.25, 0.3) is 15.7 Å². The molecule has 8 nitrogen and oxygen atoms in total. The molecule has 30 heavy (non-hydrogen) atoms. The SMILES string of the molecule is Cc1ccc([N+](=O)[O-])cc1NC(=O)CN(c1ccccc1F)S(=O)(=O)c1cccs1. The lowest BCUT2D eigenvalue weighted by Crippen LogP contribution is -2.38. The number of para-hydroxylation sites is 1. The molecule has 0 saturated heterocycles. The van der Waals surface area contributed by atoms with E-state index < -0.39 is 33.2 Å². The van der Waals surface area contributed by atoms with E-state index in [-0.39, 0.29) is 21.3 Å². The third-order valence-corrected chi connectivity index (χ3v) is 7.29. The predicted molar refractivity (Wildman–Crippen MR) is 112 cm³/mol. The van der Waals surface area contributed by atoms with E-state index in [1.54, 1.807) is 12.3 Å². The number of benzene rings is 2. The van der Waals surface area contributed by atoms with Crippen LogP contribution < -0.4 is 9.62 Å². The summed E-state index contributed by atoms with van der Waals surface area (Å²) in [7, 11) is -4.21. The monoisotopic (exact) mass is 449 g/mol. The first kappa shape index (κ1) is 21.4. The molecule has 2 aromatic carbocycles. The number of non-ortho nitro benzene ring substituents is 1. The molecule has 156 valence electrons. The van der Waals surface area contributed by atoms with Crippen LogP contribution in [0.4, 0.5) is 21.5 Å². The summed E-state index contributed by atoms with van der Waals surface area (Å²) >= 11 is 0.939. The quantitative estimate of drug-likeness (QED) is 0.434. The van der Waals surface area contributed by atoms with Gasteiger partial charge in [0, 0.05) is 12.1 Å². The van der Waals surface area contributed by atoms with Crippen LogP contribution in [-0.4, -0.2) is 25.8 Å². The van der Waals surface area contributed by atoms with Gasteiger partial charge in [0.1, 0.15) is 16.6 Å². The van der Waals surface area contributed by atoms with Crippen LogP contribution >= 0.6 is 11.3 Å². The van der Waals surface area contributed by atoms with E-state index in [0.29, 0.717) is 9.87 Å². The van der Waals surface area contributed by atoms with E-state index in [4.69, 9.17) is 0 Å². The highest BCUT2D eigenvalue weighted by Crippen LogP contribution is 2.29. The minimum Gasteiger partial charge on any atom is -0.324 e. The molecule has 3 aromatic rings. The molecule has 0 fully saturated rings. The van der Waals surface area contributed by atoms with Crippen LogP contribution in [0.2, 0.25) is 0 Å². The highest BCUT2D eigenvalue weighted by atomic mass is 32.2. The van der Waals surface area contributed by atoms with Crippen molar-refractivity contribution >= 4 is 44.3 Å². The second-order valence-electron chi connectivity index (χ2n) is 6.20. The average Bonchev–Trinajstić information content (AvgIpc) is 3.24. The number of rotatable bonds is 7. The largest absolute Gasteiger partial charge is 0.324 e. The van der Waals surface area contributed by atoms with Crippen molar-refractivity contribution in [3.8, 4) is 0 Å². The molecule has 1 heterocycles. The molecule has 3 rings (SSSR count). The first-order valence-electron chi connectivity index (χ1n) is 8.56. The summed E-state index contributed by atoms with van der Waals surface area (Å²) in [5, 5.41) is 15.0. The van der Waals surface area contributed by atoms with Crippen molar-refractivity contribution in [1.29, 1.82) is 0 Å². The van der Waals surface area contributed by atoms with Gasteiger partial charge in [-0.2, -0.15) is 0 Å². The van der Waals surface area contributed by atoms with Gasteiger partial charge in [-0.15, -0.1) is 11.3 Å². The third kappa shape index (κ3) is 4.47. The number of carbonyl (C=O) groups is 1. The Balaban J connectivity index is 1.95. The Labute approximate surface area is 175 Å². The summed E-state index contributed by atoms with van der Waals surface area (Å²) in [4.78, 5) is 23.0. The number of halogens is 1. The molecule has 0 bridgehead atoms. The van der Waals surface area contributed by atoms with Crippen LogP contribution in [0.25, 0.3) is 0 Å². The minimum absolute atomic E-state index is 0.0508. The average molecular weight is 449 g/mol. The van der Waals surface area contributed by atoms with Crippen LogP contribution in [0.5, 0.6) is 0 Å². The molecule has 1 amide bonds. The lowest BCUT2D eigenvalue weighted by atomic mass is 10.2. The fraction of sp³-hybridized carbons (Fsp3) is 0.105. The summed E-state index contributed by atoms with van der Waals surface area (Å²) in [5.74, 6) is -1.58. The number of hydrogen-bond donors (Lipinski definition) is 1. The lowest BCUT2D eigenvalue weighted by molar-refractivity contribution is -0.384. The van der Waals surface area contributed by atoms with E-state index in [1.165, 1.54) is 48.5 Å². The predicted octanol–water partition coefficient (Wildman–Crippen LogP) is 3.94. The topological polar surface area (TPSA) is 110 Å². The molecule has 0 radical (unpaired) electrons. The Morgan fingerprint density at radius 3 is 2.57 bits per heavy atom. The summed E-state index contributed by atoms with van der Waals surface area (Å²) in [6.45, 7) is 0.916. The Bertz CT molecular complexity index is 1200. The van der Waals surface area contributed by atoms with E-state index in [2.05, 4.69) is 5.32 Å². The van der Waals surface area contributed by atoms with E-state index >= 15 is 0 Å². The van der Waals surface area contributed by atoms with Crippen molar-refractivity contribution in [3.63, 3.8) is 0 Å². The number of nitro groups is 1. The van der Waals surface area contributed by atoms with Crippen molar-refractivity contribution in [1.82, 2.24) is 0 Å². The molecule has 0 atom stereocenters. The summed E-state index contributed by atoms with van der Waals surface area (Å²) in [6.07, 6.45) is 0.